The third kappa shape index (κ3) is 4.43. The van der Waals surface area contributed by atoms with E-state index in [2.05, 4.69) is 4.98 Å². The Morgan fingerprint density at radius 2 is 1.73 bits per heavy atom. The lowest BCUT2D eigenvalue weighted by atomic mass is 10.1. The largest absolute Gasteiger partial charge is 0.494 e. The number of benzene rings is 2. The fourth-order valence-corrected chi connectivity index (χ4v) is 2.76. The van der Waals surface area contributed by atoms with E-state index in [1.165, 1.54) is 0 Å². The molecule has 0 saturated heterocycles. The topological polar surface area (TPSA) is 77.3 Å². The smallest absolute Gasteiger partial charge is 0.192 e. The number of H-pyrrole nitrogens is 1. The van der Waals surface area contributed by atoms with Gasteiger partial charge in [-0.25, -0.2) is 0 Å². The van der Waals surface area contributed by atoms with Crippen molar-refractivity contribution in [3.8, 4) is 5.75 Å². The molecule has 26 heavy (non-hydrogen) atoms. The summed E-state index contributed by atoms with van der Waals surface area (Å²) < 4.78 is 11.4. The molecule has 0 amide bonds. The van der Waals surface area contributed by atoms with Crippen LogP contribution in [0.3, 0.4) is 0 Å². The lowest BCUT2D eigenvalue weighted by Gasteiger charge is -2.10. The highest BCUT2D eigenvalue weighted by Crippen LogP contribution is 2.14. The summed E-state index contributed by atoms with van der Waals surface area (Å²) in [7, 11) is 0. The standard InChI is InChI=1S/C21H24N2O3/c1-15-20(23-19-7-3-2-6-18(19)21(15)24)14-25-12-4-5-13-26-17-10-8-16(22)9-11-17/h2-3,6-11H,4-5,12-14,22H2,1H3,(H,23,24). The highest BCUT2D eigenvalue weighted by Gasteiger charge is 2.07. The second-order valence-corrected chi connectivity index (χ2v) is 6.28. The highest BCUT2D eigenvalue weighted by atomic mass is 16.5. The Morgan fingerprint density at radius 1 is 1.00 bits per heavy atom. The van der Waals surface area contributed by atoms with Crippen LogP contribution < -0.4 is 15.9 Å². The normalized spacial score (nSPS) is 11.0. The molecule has 136 valence electrons. The van der Waals surface area contributed by atoms with Crippen molar-refractivity contribution in [2.45, 2.75) is 26.4 Å². The number of hydrogen-bond acceptors (Lipinski definition) is 4. The number of nitrogens with one attached hydrogen (secondary N) is 1. The molecule has 0 aliphatic heterocycles. The number of pyridine rings is 1. The van der Waals surface area contributed by atoms with E-state index in [9.17, 15) is 4.79 Å². The minimum atomic E-state index is 0.0647. The van der Waals surface area contributed by atoms with Crippen LogP contribution in [-0.4, -0.2) is 18.2 Å². The molecule has 3 rings (SSSR count). The van der Waals surface area contributed by atoms with Crippen LogP contribution >= 0.6 is 0 Å². The van der Waals surface area contributed by atoms with Crippen molar-refractivity contribution in [1.82, 2.24) is 4.98 Å². The molecule has 2 aromatic carbocycles. The first-order chi connectivity index (χ1) is 12.6. The average Bonchev–Trinajstić information content (AvgIpc) is 2.66. The Bertz CT molecular complexity index is 917. The van der Waals surface area contributed by atoms with Gasteiger partial charge in [-0.2, -0.15) is 0 Å². The van der Waals surface area contributed by atoms with E-state index in [1.54, 1.807) is 0 Å². The van der Waals surface area contributed by atoms with Gasteiger partial charge in [0.25, 0.3) is 0 Å². The summed E-state index contributed by atoms with van der Waals surface area (Å²) in [5, 5.41) is 0.716. The van der Waals surface area contributed by atoms with Crippen molar-refractivity contribution in [2.75, 3.05) is 18.9 Å². The van der Waals surface area contributed by atoms with Gasteiger partial charge < -0.3 is 20.2 Å². The van der Waals surface area contributed by atoms with Gasteiger partial charge in [0, 0.05) is 34.5 Å². The fourth-order valence-electron chi connectivity index (χ4n) is 2.76. The minimum absolute atomic E-state index is 0.0647. The maximum atomic E-state index is 12.4. The predicted octanol–water partition coefficient (Wildman–Crippen LogP) is 3.79. The van der Waals surface area contributed by atoms with Crippen LogP contribution in [0.15, 0.2) is 53.3 Å². The number of nitrogens with two attached hydrogens (primary N) is 1. The number of fused-ring (bicyclic) bond motifs is 1. The molecule has 5 nitrogen and oxygen atoms in total. The van der Waals surface area contributed by atoms with Crippen LogP contribution in [0.25, 0.3) is 10.9 Å². The zero-order valence-electron chi connectivity index (χ0n) is 15.0. The zero-order valence-corrected chi connectivity index (χ0v) is 15.0. The van der Waals surface area contributed by atoms with Gasteiger partial charge in [-0.05, 0) is 56.2 Å². The summed E-state index contributed by atoms with van der Waals surface area (Å²) in [4.78, 5) is 15.7. The number of aromatic nitrogens is 1. The van der Waals surface area contributed by atoms with E-state index < -0.39 is 0 Å². The average molecular weight is 352 g/mol. The number of rotatable bonds is 8. The van der Waals surface area contributed by atoms with Crippen LogP contribution in [0.5, 0.6) is 5.75 Å². The van der Waals surface area contributed by atoms with Gasteiger partial charge in [0.1, 0.15) is 5.75 Å². The third-order valence-electron chi connectivity index (χ3n) is 4.33. The summed E-state index contributed by atoms with van der Waals surface area (Å²) in [5.41, 5.74) is 8.84. The van der Waals surface area contributed by atoms with Crippen molar-refractivity contribution < 1.29 is 9.47 Å². The van der Waals surface area contributed by atoms with Gasteiger partial charge in [0.2, 0.25) is 0 Å². The summed E-state index contributed by atoms with van der Waals surface area (Å²) >= 11 is 0. The molecule has 5 heteroatoms. The first kappa shape index (κ1) is 18.0. The van der Waals surface area contributed by atoms with E-state index in [0.29, 0.717) is 25.2 Å². The molecule has 0 saturated carbocycles. The van der Waals surface area contributed by atoms with Gasteiger partial charge in [-0.15, -0.1) is 0 Å². The van der Waals surface area contributed by atoms with Crippen molar-refractivity contribution in [3.63, 3.8) is 0 Å². The van der Waals surface area contributed by atoms with Crippen LogP contribution in [0.2, 0.25) is 0 Å². The van der Waals surface area contributed by atoms with E-state index in [0.717, 1.165) is 41.1 Å². The second kappa shape index (κ2) is 8.54. The molecule has 0 radical (unpaired) electrons. The molecule has 3 N–H and O–H groups in total. The van der Waals surface area contributed by atoms with Crippen LogP contribution in [-0.2, 0) is 11.3 Å². The number of nitrogen functional groups attached to an aromatic ring is 1. The summed E-state index contributed by atoms with van der Waals surface area (Å²) in [6.07, 6.45) is 1.80. The Morgan fingerprint density at radius 3 is 2.54 bits per heavy atom. The molecule has 1 heterocycles. The summed E-state index contributed by atoms with van der Waals surface area (Å²) in [6, 6.07) is 14.9. The number of ether oxygens (including phenoxy) is 2. The molecule has 3 aromatic rings. The SMILES string of the molecule is Cc1c(COCCCCOc2ccc(N)cc2)[nH]c2ccccc2c1=O. The molecule has 0 unspecified atom stereocenters. The molecule has 0 bridgehead atoms. The molecular formula is C21H24N2O3. The molecule has 0 spiro atoms. The van der Waals surface area contributed by atoms with Crippen molar-refractivity contribution in [3.05, 3.63) is 70.0 Å². The maximum Gasteiger partial charge on any atom is 0.192 e. The maximum absolute atomic E-state index is 12.4. The van der Waals surface area contributed by atoms with E-state index in [4.69, 9.17) is 15.2 Å². The van der Waals surface area contributed by atoms with Gasteiger partial charge in [0.05, 0.1) is 13.2 Å². The summed E-state index contributed by atoms with van der Waals surface area (Å²) in [5.74, 6) is 0.824. The zero-order chi connectivity index (χ0) is 18.4. The lowest BCUT2D eigenvalue weighted by Crippen LogP contribution is -2.12. The number of unbranched alkanes of at least 4 members (excludes halogenated alkanes) is 1. The first-order valence-corrected chi connectivity index (χ1v) is 8.82. The molecular weight excluding hydrogens is 328 g/mol. The monoisotopic (exact) mass is 352 g/mol. The Labute approximate surface area is 152 Å². The number of aromatic amines is 1. The van der Waals surface area contributed by atoms with Crippen molar-refractivity contribution in [2.24, 2.45) is 0 Å². The first-order valence-electron chi connectivity index (χ1n) is 8.82. The van der Waals surface area contributed by atoms with Crippen LogP contribution in [0, 0.1) is 6.92 Å². The van der Waals surface area contributed by atoms with Crippen LogP contribution in [0.1, 0.15) is 24.1 Å². The molecule has 0 fully saturated rings. The van der Waals surface area contributed by atoms with E-state index >= 15 is 0 Å². The molecule has 1 aromatic heterocycles. The van der Waals surface area contributed by atoms with Crippen molar-refractivity contribution >= 4 is 16.6 Å². The van der Waals surface area contributed by atoms with E-state index in [1.807, 2.05) is 55.5 Å². The Balaban J connectivity index is 1.42. The van der Waals surface area contributed by atoms with E-state index in [-0.39, 0.29) is 5.43 Å². The van der Waals surface area contributed by atoms with Gasteiger partial charge in [-0.1, -0.05) is 12.1 Å². The highest BCUT2D eigenvalue weighted by molar-refractivity contribution is 5.79. The van der Waals surface area contributed by atoms with Crippen LogP contribution in [0.4, 0.5) is 5.69 Å². The predicted molar refractivity (Wildman–Crippen MR) is 105 cm³/mol. The Hall–Kier alpha value is -2.79. The molecule has 0 aliphatic rings. The quantitative estimate of drug-likeness (QED) is 0.477. The number of hydrogen-bond donors (Lipinski definition) is 2. The summed E-state index contributed by atoms with van der Waals surface area (Å²) in [6.45, 7) is 3.51. The number of para-hydroxylation sites is 1. The fraction of sp³-hybridized carbons (Fsp3) is 0.286. The third-order valence-corrected chi connectivity index (χ3v) is 4.33. The molecule has 0 aliphatic carbocycles. The van der Waals surface area contributed by atoms with Gasteiger partial charge >= 0.3 is 0 Å². The minimum Gasteiger partial charge on any atom is -0.494 e. The van der Waals surface area contributed by atoms with Gasteiger partial charge in [-0.3, -0.25) is 4.79 Å². The Kier molecular flexibility index (Phi) is 5.92. The second-order valence-electron chi connectivity index (χ2n) is 6.28. The number of anilines is 1. The van der Waals surface area contributed by atoms with Gasteiger partial charge in [0.15, 0.2) is 5.43 Å². The lowest BCUT2D eigenvalue weighted by molar-refractivity contribution is 0.111. The van der Waals surface area contributed by atoms with Crippen molar-refractivity contribution in [1.29, 1.82) is 0 Å². The molecule has 0 atom stereocenters.